The van der Waals surface area contributed by atoms with Gasteiger partial charge in [-0.25, -0.2) is 4.79 Å². The van der Waals surface area contributed by atoms with Crippen molar-refractivity contribution in [1.82, 2.24) is 4.57 Å². The normalized spacial score (nSPS) is 11.1. The molecule has 2 aromatic carbocycles. The number of aliphatic carboxylic acids is 1. The first-order chi connectivity index (χ1) is 14.0. The standard InChI is InChI=1S/C24H23NO4/c1-18-9-11-21(12-10-18)24(28)22-8-4-14-25(22)13-3-7-19-5-2-6-20(15-19)16-29-17-23(26)27/h2-12,14-15H,13,16-17H2,1H3,(H,26,27). The summed E-state index contributed by atoms with van der Waals surface area (Å²) >= 11 is 0. The van der Waals surface area contributed by atoms with E-state index in [4.69, 9.17) is 9.84 Å². The first-order valence-corrected chi connectivity index (χ1v) is 9.34. The molecular formula is C24H23NO4. The van der Waals surface area contributed by atoms with Crippen LogP contribution in [-0.4, -0.2) is 28.0 Å². The van der Waals surface area contributed by atoms with Gasteiger partial charge in [0.1, 0.15) is 6.61 Å². The molecule has 0 fully saturated rings. The van der Waals surface area contributed by atoms with Crippen molar-refractivity contribution in [2.75, 3.05) is 6.61 Å². The molecule has 29 heavy (non-hydrogen) atoms. The summed E-state index contributed by atoms with van der Waals surface area (Å²) in [6.45, 7) is 2.50. The summed E-state index contributed by atoms with van der Waals surface area (Å²) in [6.07, 6.45) is 5.85. The van der Waals surface area contributed by atoms with Crippen LogP contribution in [0.1, 0.15) is 32.7 Å². The number of carboxylic acids is 1. The topological polar surface area (TPSA) is 68.5 Å². The van der Waals surface area contributed by atoms with Crippen LogP contribution < -0.4 is 0 Å². The summed E-state index contributed by atoms with van der Waals surface area (Å²) in [6, 6.07) is 19.0. The van der Waals surface area contributed by atoms with Crippen LogP contribution >= 0.6 is 0 Å². The number of carboxylic acid groups (broad SMARTS) is 1. The molecule has 0 amide bonds. The number of carbonyl (C=O) groups is 2. The van der Waals surface area contributed by atoms with Gasteiger partial charge < -0.3 is 14.4 Å². The van der Waals surface area contributed by atoms with E-state index in [1.54, 1.807) is 0 Å². The molecule has 0 aliphatic carbocycles. The van der Waals surface area contributed by atoms with Crippen LogP contribution in [-0.2, 0) is 22.7 Å². The van der Waals surface area contributed by atoms with Gasteiger partial charge in [0.15, 0.2) is 0 Å². The number of aryl methyl sites for hydroxylation is 1. The predicted octanol–water partition coefficient (Wildman–Crippen LogP) is 4.34. The van der Waals surface area contributed by atoms with Gasteiger partial charge in [0, 0.05) is 18.3 Å². The summed E-state index contributed by atoms with van der Waals surface area (Å²) in [7, 11) is 0. The van der Waals surface area contributed by atoms with Crippen molar-refractivity contribution in [3.05, 3.63) is 101 Å². The molecule has 5 heteroatoms. The molecule has 0 radical (unpaired) electrons. The van der Waals surface area contributed by atoms with E-state index in [-0.39, 0.29) is 19.0 Å². The molecule has 1 N–H and O–H groups in total. The van der Waals surface area contributed by atoms with Crippen LogP contribution in [0.3, 0.4) is 0 Å². The number of hydrogen-bond acceptors (Lipinski definition) is 3. The average molecular weight is 389 g/mol. The summed E-state index contributed by atoms with van der Waals surface area (Å²) < 4.78 is 7.04. The Morgan fingerprint density at radius 2 is 1.86 bits per heavy atom. The minimum absolute atomic E-state index is 0.000904. The maximum atomic E-state index is 12.8. The third-order valence-corrected chi connectivity index (χ3v) is 4.43. The van der Waals surface area contributed by atoms with Gasteiger partial charge in [0.05, 0.1) is 12.3 Å². The molecule has 148 valence electrons. The molecule has 0 atom stereocenters. The molecule has 3 aromatic rings. The quantitative estimate of drug-likeness (QED) is 0.553. The number of carbonyl (C=O) groups excluding carboxylic acids is 1. The Labute approximate surface area is 169 Å². The van der Waals surface area contributed by atoms with Gasteiger partial charge in [0.2, 0.25) is 5.78 Å². The summed E-state index contributed by atoms with van der Waals surface area (Å²) in [4.78, 5) is 23.3. The molecular weight excluding hydrogens is 366 g/mol. The lowest BCUT2D eigenvalue weighted by Crippen LogP contribution is -2.09. The van der Waals surface area contributed by atoms with E-state index >= 15 is 0 Å². The SMILES string of the molecule is Cc1ccc(C(=O)c2cccn2CC=Cc2cccc(COCC(=O)O)c2)cc1. The number of nitrogens with zero attached hydrogens (tertiary/aromatic N) is 1. The number of ether oxygens (including phenoxy) is 1. The first-order valence-electron chi connectivity index (χ1n) is 9.34. The summed E-state index contributed by atoms with van der Waals surface area (Å²) in [5, 5.41) is 8.64. The van der Waals surface area contributed by atoms with Crippen molar-refractivity contribution < 1.29 is 19.4 Å². The number of aromatic nitrogens is 1. The minimum atomic E-state index is -0.983. The zero-order valence-electron chi connectivity index (χ0n) is 16.2. The first kappa shape index (κ1) is 20.3. The van der Waals surface area contributed by atoms with Crippen LogP contribution in [0.15, 0.2) is 72.9 Å². The van der Waals surface area contributed by atoms with Crippen LogP contribution in [0, 0.1) is 6.92 Å². The van der Waals surface area contributed by atoms with Crippen molar-refractivity contribution in [2.24, 2.45) is 0 Å². The van der Waals surface area contributed by atoms with E-state index in [0.717, 1.165) is 16.7 Å². The van der Waals surface area contributed by atoms with Crippen molar-refractivity contribution in [3.63, 3.8) is 0 Å². The zero-order valence-corrected chi connectivity index (χ0v) is 16.2. The second-order valence-electron chi connectivity index (χ2n) is 6.77. The van der Waals surface area contributed by atoms with E-state index in [9.17, 15) is 9.59 Å². The molecule has 3 rings (SSSR count). The summed E-state index contributed by atoms with van der Waals surface area (Å²) in [5.41, 5.74) is 4.34. The lowest BCUT2D eigenvalue weighted by atomic mass is 10.1. The lowest BCUT2D eigenvalue weighted by molar-refractivity contribution is -0.142. The highest BCUT2D eigenvalue weighted by Crippen LogP contribution is 2.13. The van der Waals surface area contributed by atoms with Crippen molar-refractivity contribution in [2.45, 2.75) is 20.1 Å². The Morgan fingerprint density at radius 1 is 1.07 bits per heavy atom. The Morgan fingerprint density at radius 3 is 2.62 bits per heavy atom. The molecule has 0 saturated carbocycles. The van der Waals surface area contributed by atoms with Gasteiger partial charge >= 0.3 is 5.97 Å². The summed E-state index contributed by atoms with van der Waals surface area (Å²) in [5.74, 6) is -0.982. The molecule has 5 nitrogen and oxygen atoms in total. The van der Waals surface area contributed by atoms with Crippen LogP contribution in [0.25, 0.3) is 6.08 Å². The Kier molecular flexibility index (Phi) is 6.76. The van der Waals surface area contributed by atoms with Gasteiger partial charge in [-0.1, -0.05) is 60.2 Å². The van der Waals surface area contributed by atoms with Gasteiger partial charge in [0.25, 0.3) is 0 Å². The number of hydrogen-bond donors (Lipinski definition) is 1. The largest absolute Gasteiger partial charge is 0.480 e. The third kappa shape index (κ3) is 5.77. The minimum Gasteiger partial charge on any atom is -0.480 e. The Balaban J connectivity index is 1.64. The van der Waals surface area contributed by atoms with E-state index in [0.29, 0.717) is 17.8 Å². The molecule has 0 aliphatic heterocycles. The molecule has 1 aromatic heterocycles. The highest BCUT2D eigenvalue weighted by Gasteiger charge is 2.12. The molecule has 0 aliphatic rings. The van der Waals surface area contributed by atoms with Crippen molar-refractivity contribution >= 4 is 17.8 Å². The fourth-order valence-corrected chi connectivity index (χ4v) is 2.98. The van der Waals surface area contributed by atoms with Crippen LogP contribution in [0.2, 0.25) is 0 Å². The highest BCUT2D eigenvalue weighted by atomic mass is 16.5. The second-order valence-corrected chi connectivity index (χ2v) is 6.77. The van der Waals surface area contributed by atoms with Gasteiger partial charge in [-0.3, -0.25) is 4.79 Å². The number of rotatable bonds is 9. The molecule has 0 spiro atoms. The van der Waals surface area contributed by atoms with E-state index in [1.165, 1.54) is 0 Å². The van der Waals surface area contributed by atoms with E-state index in [1.807, 2.05) is 90.5 Å². The highest BCUT2D eigenvalue weighted by molar-refractivity contribution is 6.08. The lowest BCUT2D eigenvalue weighted by Gasteiger charge is -2.07. The predicted molar refractivity (Wildman–Crippen MR) is 112 cm³/mol. The fraction of sp³-hybridized carbons (Fsp3) is 0.167. The fourth-order valence-electron chi connectivity index (χ4n) is 2.98. The molecule has 0 bridgehead atoms. The molecule has 1 heterocycles. The molecule has 0 saturated heterocycles. The monoisotopic (exact) mass is 389 g/mol. The third-order valence-electron chi connectivity index (χ3n) is 4.43. The van der Waals surface area contributed by atoms with Crippen LogP contribution in [0.4, 0.5) is 0 Å². The number of allylic oxidation sites excluding steroid dienone is 1. The Hall–Kier alpha value is -3.44. The van der Waals surface area contributed by atoms with Crippen molar-refractivity contribution in [3.8, 4) is 0 Å². The maximum Gasteiger partial charge on any atom is 0.329 e. The zero-order chi connectivity index (χ0) is 20.6. The smallest absolute Gasteiger partial charge is 0.329 e. The molecule has 0 unspecified atom stereocenters. The van der Waals surface area contributed by atoms with E-state index in [2.05, 4.69) is 0 Å². The van der Waals surface area contributed by atoms with E-state index < -0.39 is 5.97 Å². The second kappa shape index (κ2) is 9.66. The van der Waals surface area contributed by atoms with Gasteiger partial charge in [-0.05, 0) is 36.2 Å². The van der Waals surface area contributed by atoms with Gasteiger partial charge in [-0.2, -0.15) is 0 Å². The Bertz CT molecular complexity index is 1020. The van der Waals surface area contributed by atoms with Gasteiger partial charge in [-0.15, -0.1) is 0 Å². The number of benzene rings is 2. The maximum absolute atomic E-state index is 12.8. The van der Waals surface area contributed by atoms with Crippen molar-refractivity contribution in [1.29, 1.82) is 0 Å². The van der Waals surface area contributed by atoms with Crippen LogP contribution in [0.5, 0.6) is 0 Å². The number of ketones is 1. The average Bonchev–Trinajstić information content (AvgIpc) is 3.17.